The number of carbonyl (C=O) groups excluding carboxylic acids is 1. The number of hydrogen-bond acceptors (Lipinski definition) is 2. The topological polar surface area (TPSA) is 34.5 Å². The molecule has 1 aliphatic heterocycles. The van der Waals surface area contributed by atoms with E-state index < -0.39 is 17.8 Å². The lowest BCUT2D eigenvalue weighted by Gasteiger charge is -2.40. The van der Waals surface area contributed by atoms with Gasteiger partial charge in [-0.2, -0.15) is 13.2 Å². The van der Waals surface area contributed by atoms with E-state index in [1.54, 1.807) is 61.6 Å². The number of amides is 1. The number of ether oxygens (including phenoxy) is 1. The normalized spacial score (nSPS) is 15.1. The summed E-state index contributed by atoms with van der Waals surface area (Å²) >= 11 is 6.03. The molecule has 0 N–H and O–H groups in total. The summed E-state index contributed by atoms with van der Waals surface area (Å²) in [5.41, 5.74) is 0.436. The van der Waals surface area contributed by atoms with Gasteiger partial charge in [-0.3, -0.25) is 4.79 Å². The van der Waals surface area contributed by atoms with Gasteiger partial charge in [0.2, 0.25) is 0 Å². The van der Waals surface area contributed by atoms with Crippen molar-refractivity contribution in [1.82, 2.24) is 9.47 Å². The summed E-state index contributed by atoms with van der Waals surface area (Å²) in [4.78, 5) is 15.3. The second-order valence-electron chi connectivity index (χ2n) is 9.24. The van der Waals surface area contributed by atoms with Crippen LogP contribution in [0.5, 0.6) is 0 Å². The van der Waals surface area contributed by atoms with Crippen LogP contribution in [-0.4, -0.2) is 42.2 Å². The van der Waals surface area contributed by atoms with Crippen LogP contribution in [0.15, 0.2) is 54.6 Å². The van der Waals surface area contributed by atoms with Crippen LogP contribution in [0.25, 0.3) is 11.1 Å². The summed E-state index contributed by atoms with van der Waals surface area (Å²) in [5.74, 6) is -0.465. The predicted molar refractivity (Wildman–Crippen MR) is 126 cm³/mol. The molecule has 1 saturated heterocycles. The number of halogens is 4. The van der Waals surface area contributed by atoms with Crippen LogP contribution in [0, 0.1) is 12.3 Å². The van der Waals surface area contributed by atoms with Gasteiger partial charge in [-0.15, -0.1) is 0 Å². The molecule has 0 saturated carbocycles. The summed E-state index contributed by atoms with van der Waals surface area (Å²) in [6.07, 6.45) is -4.65. The van der Waals surface area contributed by atoms with Crippen LogP contribution in [0.2, 0.25) is 5.02 Å². The number of rotatable bonds is 6. The Labute approximate surface area is 201 Å². The molecular formula is C26H26ClF3N2O2. The molecule has 1 aliphatic rings. The smallest absolute Gasteiger partial charge is 0.380 e. The molecule has 1 fully saturated rings. The minimum absolute atomic E-state index is 0.0145. The molecule has 1 aromatic heterocycles. The van der Waals surface area contributed by atoms with Crippen LogP contribution >= 0.6 is 11.6 Å². The second-order valence-corrected chi connectivity index (χ2v) is 9.67. The van der Waals surface area contributed by atoms with Crippen molar-refractivity contribution in [3.63, 3.8) is 0 Å². The van der Waals surface area contributed by atoms with Gasteiger partial charge in [0, 0.05) is 36.1 Å². The number of aromatic nitrogens is 1. The number of hydrogen-bond donors (Lipinski definition) is 0. The molecule has 0 bridgehead atoms. The molecule has 4 rings (SSSR count). The summed E-state index contributed by atoms with van der Waals surface area (Å²) in [7, 11) is 1.62. The summed E-state index contributed by atoms with van der Waals surface area (Å²) < 4.78 is 49.6. The maximum absolute atomic E-state index is 14.4. The minimum atomic E-state index is -4.65. The number of alkyl halides is 3. The van der Waals surface area contributed by atoms with E-state index in [1.165, 1.54) is 11.8 Å². The highest BCUT2D eigenvalue weighted by Crippen LogP contribution is 2.42. The first kappa shape index (κ1) is 24.4. The molecule has 34 heavy (non-hydrogen) atoms. The van der Waals surface area contributed by atoms with E-state index in [1.807, 2.05) is 6.92 Å². The first-order valence-corrected chi connectivity index (χ1v) is 11.3. The van der Waals surface area contributed by atoms with Crippen LogP contribution in [0.3, 0.4) is 0 Å². The van der Waals surface area contributed by atoms with Crippen LogP contribution in [0.4, 0.5) is 13.2 Å². The Balaban J connectivity index is 1.92. The average molecular weight is 491 g/mol. The number of benzene rings is 2. The van der Waals surface area contributed by atoms with Crippen LogP contribution in [0.1, 0.15) is 34.2 Å². The first-order valence-electron chi connectivity index (χ1n) is 10.9. The van der Waals surface area contributed by atoms with Gasteiger partial charge in [-0.25, -0.2) is 0 Å². The van der Waals surface area contributed by atoms with Crippen molar-refractivity contribution in [2.45, 2.75) is 26.6 Å². The fourth-order valence-electron chi connectivity index (χ4n) is 4.59. The fourth-order valence-corrected chi connectivity index (χ4v) is 4.72. The Kier molecular flexibility index (Phi) is 6.53. The highest BCUT2D eigenvalue weighted by Gasteiger charge is 2.42. The van der Waals surface area contributed by atoms with E-state index in [-0.39, 0.29) is 28.8 Å². The molecule has 0 spiro atoms. The molecule has 0 radical (unpaired) electrons. The Hall–Kier alpha value is -2.77. The lowest BCUT2D eigenvalue weighted by Crippen LogP contribution is -2.49. The molecule has 4 nitrogen and oxygen atoms in total. The quantitative estimate of drug-likeness (QED) is 0.407. The lowest BCUT2D eigenvalue weighted by molar-refractivity contribution is -0.143. The fraction of sp³-hybridized carbons (Fsp3) is 0.346. The van der Waals surface area contributed by atoms with E-state index in [0.717, 1.165) is 4.57 Å². The third-order valence-corrected chi connectivity index (χ3v) is 6.41. The summed E-state index contributed by atoms with van der Waals surface area (Å²) in [6.45, 7) is 4.73. The molecule has 2 aromatic carbocycles. The van der Waals surface area contributed by atoms with Gasteiger partial charge in [0.1, 0.15) is 11.4 Å². The second kappa shape index (κ2) is 9.12. The largest absolute Gasteiger partial charge is 0.431 e. The van der Waals surface area contributed by atoms with Crippen LogP contribution < -0.4 is 0 Å². The average Bonchev–Trinajstić information content (AvgIpc) is 3.05. The highest BCUT2D eigenvalue weighted by atomic mass is 35.5. The van der Waals surface area contributed by atoms with E-state index in [4.69, 9.17) is 16.3 Å². The van der Waals surface area contributed by atoms with E-state index in [2.05, 4.69) is 0 Å². The van der Waals surface area contributed by atoms with Crippen molar-refractivity contribution in [3.8, 4) is 11.1 Å². The molecule has 8 heteroatoms. The third kappa shape index (κ3) is 4.72. The van der Waals surface area contributed by atoms with Crippen molar-refractivity contribution in [2.24, 2.45) is 5.41 Å². The van der Waals surface area contributed by atoms with Gasteiger partial charge >= 0.3 is 6.18 Å². The zero-order chi connectivity index (χ0) is 24.7. The first-order chi connectivity index (χ1) is 16.0. The monoisotopic (exact) mass is 490 g/mol. The molecular weight excluding hydrogens is 465 g/mol. The predicted octanol–water partition coefficient (Wildman–Crippen LogP) is 6.29. The minimum Gasteiger partial charge on any atom is -0.380 e. The zero-order valence-corrected chi connectivity index (χ0v) is 20.0. The number of carbonyl (C=O) groups is 1. The Morgan fingerprint density at radius 1 is 1.12 bits per heavy atom. The van der Waals surface area contributed by atoms with Gasteiger partial charge in [0.15, 0.2) is 0 Å². The highest BCUT2D eigenvalue weighted by molar-refractivity contribution is 6.30. The maximum Gasteiger partial charge on any atom is 0.431 e. The van der Waals surface area contributed by atoms with E-state index in [0.29, 0.717) is 35.9 Å². The van der Waals surface area contributed by atoms with Gasteiger partial charge in [0.05, 0.1) is 13.2 Å². The molecule has 0 aliphatic carbocycles. The lowest BCUT2D eigenvalue weighted by atomic mass is 9.88. The Morgan fingerprint density at radius 3 is 2.26 bits per heavy atom. The van der Waals surface area contributed by atoms with Crippen molar-refractivity contribution in [2.75, 3.05) is 26.8 Å². The van der Waals surface area contributed by atoms with E-state index in [9.17, 15) is 18.0 Å². The van der Waals surface area contributed by atoms with Crippen LogP contribution in [-0.2, 0) is 17.5 Å². The van der Waals surface area contributed by atoms with Gasteiger partial charge in [0.25, 0.3) is 5.91 Å². The van der Waals surface area contributed by atoms with Crippen molar-refractivity contribution < 1.29 is 22.7 Å². The van der Waals surface area contributed by atoms with Gasteiger partial charge in [-0.05, 0) is 35.7 Å². The SMILES string of the molecule is Cc1c(-c2ccc(Cl)cc2)c(C(=O)N(C)CC2(C)COC2)n(Cc2ccccc2)c1C(F)(F)F. The molecule has 1 amide bonds. The standard InChI is InChI=1S/C26H26ClF3N2O2/c1-17-21(19-9-11-20(27)12-10-19)22(24(33)31(3)14-25(2)15-34-16-25)32(23(17)26(28,29)30)13-18-7-5-4-6-8-18/h4-12H,13-16H2,1-3H3. The number of nitrogens with zero attached hydrogens (tertiary/aromatic N) is 2. The third-order valence-electron chi connectivity index (χ3n) is 6.16. The van der Waals surface area contributed by atoms with Crippen molar-refractivity contribution >= 4 is 17.5 Å². The van der Waals surface area contributed by atoms with Crippen molar-refractivity contribution in [3.05, 3.63) is 82.1 Å². The van der Waals surface area contributed by atoms with Gasteiger partial charge in [-0.1, -0.05) is 61.0 Å². The Bertz CT molecular complexity index is 1180. The molecule has 0 atom stereocenters. The molecule has 180 valence electrons. The molecule has 2 heterocycles. The Morgan fingerprint density at radius 2 is 1.74 bits per heavy atom. The maximum atomic E-state index is 14.4. The van der Waals surface area contributed by atoms with Gasteiger partial charge < -0.3 is 14.2 Å². The molecule has 3 aromatic rings. The van der Waals surface area contributed by atoms with E-state index >= 15 is 0 Å². The summed E-state index contributed by atoms with van der Waals surface area (Å²) in [6, 6.07) is 15.4. The molecule has 0 unspecified atom stereocenters. The summed E-state index contributed by atoms with van der Waals surface area (Å²) in [5, 5.41) is 0.462. The van der Waals surface area contributed by atoms with Crippen molar-refractivity contribution in [1.29, 1.82) is 0 Å². The zero-order valence-electron chi connectivity index (χ0n) is 19.2.